The monoisotopic (exact) mass is 703 g/mol. The molecule has 12 rings (SSSR count). The first-order valence-corrected chi connectivity index (χ1v) is 19.1. The first-order chi connectivity index (χ1) is 27.1. The van der Waals surface area contributed by atoms with E-state index in [0.717, 1.165) is 50.3 Å². The van der Waals surface area contributed by atoms with Gasteiger partial charge in [-0.25, -0.2) is 0 Å². The summed E-state index contributed by atoms with van der Waals surface area (Å²) in [5.41, 5.74) is 18.5. The Morgan fingerprint density at radius 1 is 0.527 bits per heavy atom. The number of hydrogen-bond donors (Lipinski definition) is 0. The van der Waals surface area contributed by atoms with Crippen molar-refractivity contribution in [1.82, 2.24) is 4.57 Å². The van der Waals surface area contributed by atoms with Gasteiger partial charge in [0.05, 0.1) is 16.7 Å². The van der Waals surface area contributed by atoms with Crippen molar-refractivity contribution in [3.8, 4) is 16.8 Å². The summed E-state index contributed by atoms with van der Waals surface area (Å²) in [6, 6.07) is 62.0. The molecule has 258 valence electrons. The molecule has 4 heterocycles. The SMILES string of the molecule is Cc1ccc(N2B3c4c(cc(N(c5ccccc5)c5ccccc5)cc4-n4c5ccccc5c5cccc3c54)-c3ccc4c(oc5ccccc54)c32)c(C)c1. The summed E-state index contributed by atoms with van der Waals surface area (Å²) in [5.74, 6) is 0. The minimum absolute atomic E-state index is 0.116. The molecule has 0 spiro atoms. The highest BCUT2D eigenvalue weighted by atomic mass is 16.3. The quantitative estimate of drug-likeness (QED) is 0.171. The minimum atomic E-state index is -0.116. The number of benzene rings is 8. The largest absolute Gasteiger partial charge is 0.454 e. The number of rotatable bonds is 4. The fourth-order valence-corrected chi connectivity index (χ4v) is 9.68. The molecule has 4 nitrogen and oxygen atoms in total. The topological polar surface area (TPSA) is 24.6 Å². The molecule has 55 heavy (non-hydrogen) atoms. The molecule has 0 bridgehead atoms. The number of aryl methyl sites for hydroxylation is 2. The number of fused-ring (bicyclic) bond motifs is 11. The van der Waals surface area contributed by atoms with E-state index in [1.165, 1.54) is 60.8 Å². The van der Waals surface area contributed by atoms with Crippen LogP contribution in [-0.4, -0.2) is 11.4 Å². The van der Waals surface area contributed by atoms with Crippen molar-refractivity contribution in [2.75, 3.05) is 9.71 Å². The molecule has 2 aliphatic rings. The second-order valence-electron chi connectivity index (χ2n) is 15.0. The number of aromatic nitrogens is 1. The van der Waals surface area contributed by atoms with E-state index in [0.29, 0.717) is 0 Å². The van der Waals surface area contributed by atoms with Gasteiger partial charge in [-0.05, 0) is 96.6 Å². The standard InChI is InChI=1S/C50H34BN3O/c1-31-24-27-43(32(2)28-31)54-49-39(25-26-40-37-19-10-12-23-46(37)55-50(40)49)41-29-35(52(33-14-5-3-6-15-33)34-16-7-4-8-17-34)30-45-47(41)51(54)42-21-13-20-38-36-18-9-11-22-44(36)53(45)48(38)42/h3-30H,1-2H3. The van der Waals surface area contributed by atoms with Gasteiger partial charge in [-0.2, -0.15) is 0 Å². The second-order valence-corrected chi connectivity index (χ2v) is 15.0. The van der Waals surface area contributed by atoms with E-state index in [-0.39, 0.29) is 6.85 Å². The van der Waals surface area contributed by atoms with Crippen LogP contribution in [0.25, 0.3) is 60.6 Å². The van der Waals surface area contributed by atoms with Gasteiger partial charge < -0.3 is 18.7 Å². The molecule has 0 amide bonds. The highest BCUT2D eigenvalue weighted by Crippen LogP contribution is 2.51. The van der Waals surface area contributed by atoms with Crippen LogP contribution in [0.1, 0.15) is 11.1 Å². The lowest BCUT2D eigenvalue weighted by atomic mass is 9.44. The van der Waals surface area contributed by atoms with Crippen molar-refractivity contribution in [3.63, 3.8) is 0 Å². The Kier molecular flexibility index (Phi) is 6.24. The van der Waals surface area contributed by atoms with E-state index >= 15 is 0 Å². The highest BCUT2D eigenvalue weighted by molar-refractivity contribution is 6.94. The third-order valence-electron chi connectivity index (χ3n) is 11.9. The molecule has 0 radical (unpaired) electrons. The Balaban J connectivity index is 1.28. The molecular formula is C50H34BN3O. The van der Waals surface area contributed by atoms with Crippen molar-refractivity contribution in [2.24, 2.45) is 0 Å². The molecule has 0 unspecified atom stereocenters. The highest BCUT2D eigenvalue weighted by Gasteiger charge is 2.45. The molecule has 2 aliphatic heterocycles. The van der Waals surface area contributed by atoms with Crippen LogP contribution < -0.4 is 20.6 Å². The Morgan fingerprint density at radius 3 is 2.02 bits per heavy atom. The van der Waals surface area contributed by atoms with Crippen LogP contribution in [0.3, 0.4) is 0 Å². The smallest absolute Gasteiger partial charge is 0.333 e. The number of anilines is 5. The maximum absolute atomic E-state index is 6.97. The average Bonchev–Trinajstić information content (AvgIpc) is 3.78. The van der Waals surface area contributed by atoms with Crippen molar-refractivity contribution in [3.05, 3.63) is 181 Å². The molecular weight excluding hydrogens is 669 g/mol. The lowest BCUT2D eigenvalue weighted by Gasteiger charge is -2.43. The van der Waals surface area contributed by atoms with Gasteiger partial charge in [0, 0.05) is 55.5 Å². The van der Waals surface area contributed by atoms with E-state index in [1.807, 2.05) is 0 Å². The predicted octanol–water partition coefficient (Wildman–Crippen LogP) is 12.0. The molecule has 2 aromatic heterocycles. The van der Waals surface area contributed by atoms with E-state index in [1.54, 1.807) is 0 Å². The fourth-order valence-electron chi connectivity index (χ4n) is 9.68. The minimum Gasteiger partial charge on any atom is -0.454 e. The first-order valence-electron chi connectivity index (χ1n) is 19.1. The summed E-state index contributed by atoms with van der Waals surface area (Å²) in [7, 11) is 0. The van der Waals surface area contributed by atoms with Crippen molar-refractivity contribution in [1.29, 1.82) is 0 Å². The van der Waals surface area contributed by atoms with Gasteiger partial charge >= 0.3 is 6.85 Å². The molecule has 0 N–H and O–H groups in total. The summed E-state index contributed by atoms with van der Waals surface area (Å²) in [6.45, 7) is 4.31. The average molecular weight is 704 g/mol. The maximum Gasteiger partial charge on any atom is 0.333 e. The molecule has 0 aliphatic carbocycles. The molecule has 0 saturated heterocycles. The van der Waals surface area contributed by atoms with Crippen LogP contribution in [0, 0.1) is 13.8 Å². The molecule has 8 aromatic carbocycles. The molecule has 10 aromatic rings. The van der Waals surface area contributed by atoms with Crippen LogP contribution in [-0.2, 0) is 0 Å². The molecule has 0 fully saturated rings. The zero-order valence-corrected chi connectivity index (χ0v) is 30.5. The van der Waals surface area contributed by atoms with Crippen LogP contribution >= 0.6 is 0 Å². The van der Waals surface area contributed by atoms with Crippen LogP contribution in [0.2, 0.25) is 0 Å². The van der Waals surface area contributed by atoms with Gasteiger partial charge in [-0.15, -0.1) is 0 Å². The predicted molar refractivity (Wildman–Crippen MR) is 231 cm³/mol. The Hall–Kier alpha value is -6.98. The summed E-state index contributed by atoms with van der Waals surface area (Å²) in [5, 5.41) is 4.78. The summed E-state index contributed by atoms with van der Waals surface area (Å²) >= 11 is 0. The maximum atomic E-state index is 6.97. The summed E-state index contributed by atoms with van der Waals surface area (Å²) < 4.78 is 9.51. The van der Waals surface area contributed by atoms with Crippen molar-refractivity contribution < 1.29 is 4.42 Å². The molecule has 0 atom stereocenters. The Bertz CT molecular complexity index is 3160. The summed E-state index contributed by atoms with van der Waals surface area (Å²) in [6.07, 6.45) is 0. The zero-order chi connectivity index (χ0) is 36.4. The first kappa shape index (κ1) is 30.5. The number of hydrogen-bond acceptors (Lipinski definition) is 3. The fraction of sp³-hybridized carbons (Fsp3) is 0.0400. The van der Waals surface area contributed by atoms with Gasteiger partial charge in [-0.3, -0.25) is 0 Å². The normalized spacial score (nSPS) is 12.8. The van der Waals surface area contributed by atoms with Crippen LogP contribution in [0.15, 0.2) is 174 Å². The van der Waals surface area contributed by atoms with Gasteiger partial charge in [0.15, 0.2) is 5.58 Å². The Labute approximate surface area is 319 Å². The van der Waals surface area contributed by atoms with Crippen LogP contribution in [0.5, 0.6) is 0 Å². The van der Waals surface area contributed by atoms with Gasteiger partial charge in [0.25, 0.3) is 0 Å². The summed E-state index contributed by atoms with van der Waals surface area (Å²) in [4.78, 5) is 4.99. The van der Waals surface area contributed by atoms with Gasteiger partial charge in [0.2, 0.25) is 0 Å². The van der Waals surface area contributed by atoms with Crippen molar-refractivity contribution >= 4 is 90.0 Å². The third-order valence-corrected chi connectivity index (χ3v) is 11.9. The number of nitrogens with zero attached hydrogens (tertiary/aromatic N) is 3. The van der Waals surface area contributed by atoms with Crippen molar-refractivity contribution in [2.45, 2.75) is 13.8 Å². The number of furan rings is 1. The second kappa shape index (κ2) is 11.3. The molecule has 0 saturated carbocycles. The lowest BCUT2D eigenvalue weighted by Crippen LogP contribution is -2.60. The number of para-hydroxylation sites is 5. The van der Waals surface area contributed by atoms with Crippen LogP contribution in [0.4, 0.5) is 28.4 Å². The van der Waals surface area contributed by atoms with Gasteiger partial charge in [0.1, 0.15) is 5.58 Å². The van der Waals surface area contributed by atoms with E-state index < -0.39 is 0 Å². The van der Waals surface area contributed by atoms with E-state index in [2.05, 4.69) is 198 Å². The Morgan fingerprint density at radius 2 is 1.24 bits per heavy atom. The zero-order valence-electron chi connectivity index (χ0n) is 30.5. The van der Waals surface area contributed by atoms with E-state index in [4.69, 9.17) is 4.42 Å². The van der Waals surface area contributed by atoms with Gasteiger partial charge in [-0.1, -0.05) is 115 Å². The third kappa shape index (κ3) is 4.18. The lowest BCUT2D eigenvalue weighted by molar-refractivity contribution is 0.669. The molecule has 5 heteroatoms. The van der Waals surface area contributed by atoms with E-state index in [9.17, 15) is 0 Å².